The van der Waals surface area contributed by atoms with E-state index in [4.69, 9.17) is 5.73 Å². The van der Waals surface area contributed by atoms with E-state index in [0.29, 0.717) is 11.1 Å². The lowest BCUT2D eigenvalue weighted by Gasteiger charge is -2.28. The van der Waals surface area contributed by atoms with Gasteiger partial charge in [-0.15, -0.1) is 0 Å². The quantitative estimate of drug-likeness (QED) is 0.0357. The van der Waals surface area contributed by atoms with Gasteiger partial charge in [-0.3, -0.25) is 57.5 Å². The molecule has 0 fully saturated rings. The number of hydrogen-bond acceptors (Lipinski definition) is 13. The zero-order valence-corrected chi connectivity index (χ0v) is 47.7. The number of carboxylic acids is 2. The highest BCUT2D eigenvalue weighted by Gasteiger charge is 2.34. The van der Waals surface area contributed by atoms with Crippen molar-refractivity contribution in [3.8, 4) is 5.75 Å². The van der Waals surface area contributed by atoms with Crippen molar-refractivity contribution in [2.45, 2.75) is 136 Å². The van der Waals surface area contributed by atoms with Crippen LogP contribution in [0.3, 0.4) is 0 Å². The fraction of sp³-hybridized carbons (Fsp3) is 0.483. The normalized spacial score (nSPS) is 13.6. The summed E-state index contributed by atoms with van der Waals surface area (Å²) in [4.78, 5) is 158. The number of aliphatic carboxylic acids is 2. The first-order valence-electron chi connectivity index (χ1n) is 27.5. The molecule has 1 unspecified atom stereocenters. The molecule has 0 aliphatic carbocycles. The van der Waals surface area contributed by atoms with Crippen molar-refractivity contribution in [1.29, 1.82) is 0 Å². The maximum atomic E-state index is 14.5. The number of nitrogens with two attached hydrogens (primary N) is 1. The standard InChI is InChI=1S/C58H80N10O15/c1-33(2)27-43(66-57(81)50(35(5)6)68-47(72)31-61-52(76)38-17-11-8-12-18-38)56(80)63-41(19-13-14-26-60-45(70)30-39(58(82)83)28-36-15-9-7-10-16-36)54(78)64-42(24-25-48(73)74)55(79)65-44(29-37-20-22-40(69)23-21-37)53(77)62-32-46(71)67-49(34(3)4)51(59)75/h7-12,15-18,20-23,33-35,39,41-44,49-50,69H,13-14,19,24-32H2,1-6H3,(H2,59,75)(H,60,70)(H,61,76)(H,62,77)(H,63,80)(H,64,78)(H,65,79)(H,66,81)(H,67,71)(H,68,72)(H,73,74)(H,82,83)/t39?,41-,42-,43-,44-,49-,50-/m0/s1. The summed E-state index contributed by atoms with van der Waals surface area (Å²) in [6.45, 7) is 8.99. The first kappa shape index (κ1) is 68.4. The molecule has 10 amide bonds. The molecule has 0 saturated carbocycles. The number of carbonyl (C=O) groups is 12. The summed E-state index contributed by atoms with van der Waals surface area (Å²) in [6, 6.07) is 14.2. The van der Waals surface area contributed by atoms with E-state index in [2.05, 4.69) is 47.9 Å². The van der Waals surface area contributed by atoms with Crippen LogP contribution in [-0.2, 0) is 65.6 Å². The molecule has 25 heteroatoms. The zero-order chi connectivity index (χ0) is 61.8. The summed E-state index contributed by atoms with van der Waals surface area (Å²) in [6.07, 6.45) is -1.54. The second-order valence-corrected chi connectivity index (χ2v) is 21.2. The second kappa shape index (κ2) is 35.1. The third-order valence-electron chi connectivity index (χ3n) is 13.0. The number of amides is 10. The molecule has 14 N–H and O–H groups in total. The molecule has 0 spiro atoms. The van der Waals surface area contributed by atoms with Crippen molar-refractivity contribution in [1.82, 2.24) is 47.9 Å². The number of phenolic OH excluding ortho intramolecular Hbond substituents is 1. The number of benzene rings is 3. The van der Waals surface area contributed by atoms with Gasteiger partial charge in [0, 0.05) is 31.4 Å². The van der Waals surface area contributed by atoms with Crippen molar-refractivity contribution >= 4 is 71.0 Å². The Morgan fingerprint density at radius 2 is 1.00 bits per heavy atom. The van der Waals surface area contributed by atoms with Crippen LogP contribution in [0.15, 0.2) is 84.9 Å². The van der Waals surface area contributed by atoms with E-state index in [-0.39, 0.29) is 63.2 Å². The molecule has 83 heavy (non-hydrogen) atoms. The van der Waals surface area contributed by atoms with Gasteiger partial charge in [-0.25, -0.2) is 0 Å². The van der Waals surface area contributed by atoms with E-state index in [1.807, 2.05) is 0 Å². The van der Waals surface area contributed by atoms with Gasteiger partial charge in [-0.1, -0.05) is 102 Å². The molecule has 3 aromatic carbocycles. The van der Waals surface area contributed by atoms with Gasteiger partial charge in [0.2, 0.25) is 53.2 Å². The molecule has 0 radical (unpaired) electrons. The highest BCUT2D eigenvalue weighted by Crippen LogP contribution is 2.16. The molecule has 0 aliphatic heterocycles. The Bertz CT molecular complexity index is 2690. The lowest BCUT2D eigenvalue weighted by molar-refractivity contribution is -0.144. The van der Waals surface area contributed by atoms with Crippen LogP contribution in [0.1, 0.15) is 108 Å². The summed E-state index contributed by atoms with van der Waals surface area (Å²) in [5, 5.41) is 52.5. The molecule has 0 aromatic heterocycles. The van der Waals surface area contributed by atoms with Crippen LogP contribution in [0.2, 0.25) is 0 Å². The summed E-state index contributed by atoms with van der Waals surface area (Å²) in [5.74, 6) is -12.8. The lowest BCUT2D eigenvalue weighted by atomic mass is 9.96. The van der Waals surface area contributed by atoms with Gasteiger partial charge in [0.1, 0.15) is 42.0 Å². The van der Waals surface area contributed by atoms with E-state index in [0.717, 1.165) is 5.56 Å². The third-order valence-corrected chi connectivity index (χ3v) is 13.0. The number of carbonyl (C=O) groups excluding carboxylic acids is 10. The Hall–Kier alpha value is -8.90. The van der Waals surface area contributed by atoms with Crippen LogP contribution in [0, 0.1) is 23.7 Å². The summed E-state index contributed by atoms with van der Waals surface area (Å²) in [7, 11) is 0. The lowest BCUT2D eigenvalue weighted by Crippen LogP contribution is -2.60. The predicted octanol–water partition coefficient (Wildman–Crippen LogP) is 0.718. The number of unbranched alkanes of at least 4 members (excludes halogenated alkanes) is 1. The topological polar surface area (TPSA) is 400 Å². The highest BCUT2D eigenvalue weighted by atomic mass is 16.4. The molecular weight excluding hydrogens is 1080 g/mol. The van der Waals surface area contributed by atoms with Crippen LogP contribution in [0.5, 0.6) is 5.75 Å². The molecule has 7 atom stereocenters. The van der Waals surface area contributed by atoms with Crippen molar-refractivity contribution < 1.29 is 72.9 Å². The average Bonchev–Trinajstić information content (AvgIpc) is 3.57. The Balaban J connectivity index is 1.91. The van der Waals surface area contributed by atoms with Gasteiger partial charge < -0.3 is 68.9 Å². The molecule has 452 valence electrons. The fourth-order valence-corrected chi connectivity index (χ4v) is 8.50. The van der Waals surface area contributed by atoms with Crippen LogP contribution in [-0.4, -0.2) is 142 Å². The van der Waals surface area contributed by atoms with Crippen LogP contribution in [0.25, 0.3) is 0 Å². The number of carboxylic acid groups (broad SMARTS) is 2. The number of nitrogens with one attached hydrogen (secondary N) is 9. The van der Waals surface area contributed by atoms with Gasteiger partial charge >= 0.3 is 11.9 Å². The Labute approximate surface area is 482 Å². The van der Waals surface area contributed by atoms with E-state index in [9.17, 15) is 72.9 Å². The third kappa shape index (κ3) is 25.6. The number of primary amides is 1. The van der Waals surface area contributed by atoms with Crippen molar-refractivity contribution in [3.63, 3.8) is 0 Å². The molecule has 3 aromatic rings. The van der Waals surface area contributed by atoms with Gasteiger partial charge in [-0.05, 0) is 91.7 Å². The number of hydrogen-bond donors (Lipinski definition) is 13. The van der Waals surface area contributed by atoms with Gasteiger partial charge in [0.15, 0.2) is 0 Å². The van der Waals surface area contributed by atoms with Crippen molar-refractivity contribution in [2.24, 2.45) is 29.4 Å². The molecule has 0 aliphatic rings. The Morgan fingerprint density at radius 3 is 1.54 bits per heavy atom. The van der Waals surface area contributed by atoms with E-state index in [1.54, 1.807) is 102 Å². The number of aromatic hydroxyl groups is 1. The van der Waals surface area contributed by atoms with Crippen molar-refractivity contribution in [3.05, 3.63) is 102 Å². The predicted molar refractivity (Wildman–Crippen MR) is 303 cm³/mol. The monoisotopic (exact) mass is 1160 g/mol. The summed E-state index contributed by atoms with van der Waals surface area (Å²) < 4.78 is 0. The maximum absolute atomic E-state index is 14.5. The fourth-order valence-electron chi connectivity index (χ4n) is 8.50. The number of rotatable bonds is 36. The molecule has 25 nitrogen and oxygen atoms in total. The van der Waals surface area contributed by atoms with Gasteiger partial charge in [0.25, 0.3) is 5.91 Å². The first-order valence-corrected chi connectivity index (χ1v) is 27.5. The zero-order valence-electron chi connectivity index (χ0n) is 47.7. The minimum atomic E-state index is -1.69. The SMILES string of the molecule is CC(C)C[C@H](NC(=O)[C@@H](NC(=O)CNC(=O)c1ccccc1)C(C)C)C(=O)N[C@@H](CCCCNC(=O)CC(Cc1ccccc1)C(=O)O)C(=O)N[C@@H](CCC(=O)O)C(=O)N[C@@H](Cc1ccc(O)cc1)C(=O)NCC(=O)N[C@H](C(N)=O)C(C)C. The van der Waals surface area contributed by atoms with Crippen LogP contribution < -0.4 is 53.6 Å². The summed E-state index contributed by atoms with van der Waals surface area (Å²) >= 11 is 0. The van der Waals surface area contributed by atoms with Gasteiger partial charge in [-0.2, -0.15) is 0 Å². The van der Waals surface area contributed by atoms with E-state index < -0.39 is 151 Å². The van der Waals surface area contributed by atoms with Crippen molar-refractivity contribution in [2.75, 3.05) is 19.6 Å². The van der Waals surface area contributed by atoms with Gasteiger partial charge in [0.05, 0.1) is 19.0 Å². The first-order chi connectivity index (χ1) is 39.2. The smallest absolute Gasteiger partial charge is 0.307 e. The van der Waals surface area contributed by atoms with Crippen LogP contribution in [0.4, 0.5) is 0 Å². The summed E-state index contributed by atoms with van der Waals surface area (Å²) in [5.41, 5.74) is 6.87. The highest BCUT2D eigenvalue weighted by molar-refractivity contribution is 5.99. The molecule has 0 heterocycles. The largest absolute Gasteiger partial charge is 0.508 e. The minimum Gasteiger partial charge on any atom is -0.508 e. The van der Waals surface area contributed by atoms with E-state index in [1.165, 1.54) is 24.3 Å². The molecule has 0 bridgehead atoms. The Kier molecular flexibility index (Phi) is 28.9. The molecular formula is C58H80N10O15. The maximum Gasteiger partial charge on any atom is 0.307 e. The van der Waals surface area contributed by atoms with Crippen LogP contribution >= 0.6 is 0 Å². The minimum absolute atomic E-state index is 0.0162. The average molecular weight is 1160 g/mol. The van der Waals surface area contributed by atoms with E-state index >= 15 is 0 Å². The molecule has 3 rings (SSSR count). The number of phenols is 1. The Morgan fingerprint density at radius 1 is 0.494 bits per heavy atom. The molecule has 0 saturated heterocycles. The second-order valence-electron chi connectivity index (χ2n) is 21.2.